The number of aromatic amines is 2. The summed E-state index contributed by atoms with van der Waals surface area (Å²) in [6, 6.07) is 11.6. The Morgan fingerprint density at radius 2 is 1.90 bits per heavy atom. The number of aryl methyl sites for hydroxylation is 1. The SMILES string of the molecule is COc1cc2[nH]c(C(=O)Nc3nn[nH]n3)c(Sc3ccccc3C)c2cc1OC. The molecule has 2 heterocycles. The average molecular weight is 410 g/mol. The van der Waals surface area contributed by atoms with E-state index in [0.717, 1.165) is 26.3 Å². The van der Waals surface area contributed by atoms with E-state index < -0.39 is 0 Å². The summed E-state index contributed by atoms with van der Waals surface area (Å²) >= 11 is 1.50. The van der Waals surface area contributed by atoms with E-state index in [1.54, 1.807) is 20.3 Å². The highest BCUT2D eigenvalue weighted by atomic mass is 32.2. The molecule has 0 saturated heterocycles. The van der Waals surface area contributed by atoms with Crippen LogP contribution in [0.15, 0.2) is 46.2 Å². The molecule has 29 heavy (non-hydrogen) atoms. The highest BCUT2D eigenvalue weighted by Gasteiger charge is 2.22. The lowest BCUT2D eigenvalue weighted by atomic mass is 10.2. The van der Waals surface area contributed by atoms with E-state index in [2.05, 4.69) is 30.9 Å². The fraction of sp³-hybridized carbons (Fsp3) is 0.158. The van der Waals surface area contributed by atoms with Crippen LogP contribution in [0, 0.1) is 6.92 Å². The van der Waals surface area contributed by atoms with Crippen LogP contribution >= 0.6 is 11.8 Å². The highest BCUT2D eigenvalue weighted by Crippen LogP contribution is 2.42. The normalized spacial score (nSPS) is 10.9. The molecule has 0 aliphatic rings. The first kappa shape index (κ1) is 18.8. The molecule has 0 spiro atoms. The van der Waals surface area contributed by atoms with E-state index in [1.165, 1.54) is 11.8 Å². The zero-order chi connectivity index (χ0) is 20.4. The summed E-state index contributed by atoms with van der Waals surface area (Å²) in [7, 11) is 3.15. The number of methoxy groups -OCH3 is 2. The van der Waals surface area contributed by atoms with Crippen molar-refractivity contribution >= 4 is 34.5 Å². The van der Waals surface area contributed by atoms with Crippen LogP contribution in [-0.2, 0) is 0 Å². The lowest BCUT2D eigenvalue weighted by Gasteiger charge is -2.09. The maximum absolute atomic E-state index is 12.9. The Labute approximate surface area is 170 Å². The molecule has 0 aliphatic heterocycles. The summed E-state index contributed by atoms with van der Waals surface area (Å²) in [6.45, 7) is 2.03. The molecule has 3 N–H and O–H groups in total. The lowest BCUT2D eigenvalue weighted by Crippen LogP contribution is -2.14. The monoisotopic (exact) mass is 410 g/mol. The lowest BCUT2D eigenvalue weighted by molar-refractivity contribution is 0.101. The molecule has 148 valence electrons. The van der Waals surface area contributed by atoms with E-state index in [9.17, 15) is 4.79 Å². The molecule has 0 bridgehead atoms. The van der Waals surface area contributed by atoms with Crippen molar-refractivity contribution in [1.82, 2.24) is 25.6 Å². The van der Waals surface area contributed by atoms with Gasteiger partial charge in [-0.2, -0.15) is 5.21 Å². The van der Waals surface area contributed by atoms with Crippen molar-refractivity contribution in [3.05, 3.63) is 47.7 Å². The Kier molecular flexibility index (Phi) is 5.09. The van der Waals surface area contributed by atoms with E-state index in [1.807, 2.05) is 37.3 Å². The van der Waals surface area contributed by atoms with Gasteiger partial charge in [0.1, 0.15) is 5.69 Å². The predicted octanol–water partition coefficient (Wildman–Crippen LogP) is 3.41. The van der Waals surface area contributed by atoms with Crippen LogP contribution in [0.4, 0.5) is 5.95 Å². The van der Waals surface area contributed by atoms with Crippen molar-refractivity contribution in [3.8, 4) is 11.5 Å². The molecule has 0 saturated carbocycles. The van der Waals surface area contributed by atoms with Crippen LogP contribution in [0.3, 0.4) is 0 Å². The molecule has 0 aliphatic carbocycles. The number of benzene rings is 2. The standard InChI is InChI=1S/C19H18N6O3S/c1-10-6-4-5-7-15(10)29-17-11-8-13(27-2)14(28-3)9-12(11)20-16(17)18(26)21-19-22-24-25-23-19/h4-9,20H,1-3H3,(H2,21,22,23,24,25,26). The van der Waals surface area contributed by atoms with Gasteiger partial charge in [-0.05, 0) is 29.8 Å². The minimum absolute atomic E-state index is 0.0932. The van der Waals surface area contributed by atoms with Crippen LogP contribution < -0.4 is 14.8 Å². The molecule has 1 amide bonds. The van der Waals surface area contributed by atoms with Gasteiger partial charge in [-0.25, -0.2) is 0 Å². The van der Waals surface area contributed by atoms with Gasteiger partial charge in [0.05, 0.1) is 24.6 Å². The smallest absolute Gasteiger partial charge is 0.275 e. The van der Waals surface area contributed by atoms with Gasteiger partial charge in [0.2, 0.25) is 0 Å². The van der Waals surface area contributed by atoms with Gasteiger partial charge in [-0.15, -0.1) is 5.10 Å². The second kappa shape index (κ2) is 7.84. The molecule has 2 aromatic carbocycles. The Bertz CT molecular complexity index is 1170. The van der Waals surface area contributed by atoms with Crippen LogP contribution in [0.1, 0.15) is 16.1 Å². The minimum Gasteiger partial charge on any atom is -0.493 e. The van der Waals surface area contributed by atoms with E-state index in [-0.39, 0.29) is 11.9 Å². The maximum Gasteiger partial charge on any atom is 0.275 e. The number of anilines is 1. The number of tetrazole rings is 1. The van der Waals surface area contributed by atoms with Crippen LogP contribution in [0.2, 0.25) is 0 Å². The van der Waals surface area contributed by atoms with Gasteiger partial charge in [-0.3, -0.25) is 10.1 Å². The number of nitrogens with zero attached hydrogens (tertiary/aromatic N) is 3. The fourth-order valence-electron chi connectivity index (χ4n) is 2.92. The van der Waals surface area contributed by atoms with Gasteiger partial charge < -0.3 is 14.5 Å². The van der Waals surface area contributed by atoms with E-state index >= 15 is 0 Å². The molecule has 0 unspecified atom stereocenters. The van der Waals surface area contributed by atoms with E-state index in [0.29, 0.717) is 17.2 Å². The summed E-state index contributed by atoms with van der Waals surface area (Å²) in [5, 5.41) is 16.8. The highest BCUT2D eigenvalue weighted by molar-refractivity contribution is 7.99. The fourth-order valence-corrected chi connectivity index (χ4v) is 4.04. The molecular formula is C19H18N6O3S. The zero-order valence-corrected chi connectivity index (χ0v) is 16.8. The quantitative estimate of drug-likeness (QED) is 0.446. The number of ether oxygens (including phenoxy) is 2. The second-order valence-electron chi connectivity index (χ2n) is 6.14. The number of amides is 1. The summed E-state index contributed by atoms with van der Waals surface area (Å²) in [5.41, 5.74) is 2.24. The third-order valence-corrected chi connectivity index (χ3v) is 5.66. The number of hydrogen-bond acceptors (Lipinski definition) is 7. The first-order valence-corrected chi connectivity index (χ1v) is 9.48. The van der Waals surface area contributed by atoms with Crippen LogP contribution in [0.25, 0.3) is 10.9 Å². The third kappa shape index (κ3) is 3.61. The Morgan fingerprint density at radius 3 is 2.59 bits per heavy atom. The number of rotatable bonds is 6. The number of nitrogens with one attached hydrogen (secondary N) is 3. The molecular weight excluding hydrogens is 392 g/mol. The average Bonchev–Trinajstić information content (AvgIpc) is 3.36. The Hall–Kier alpha value is -3.53. The second-order valence-corrected chi connectivity index (χ2v) is 7.19. The van der Waals surface area contributed by atoms with Crippen molar-refractivity contribution in [2.45, 2.75) is 16.7 Å². The number of fused-ring (bicyclic) bond motifs is 1. The molecule has 0 fully saturated rings. The topological polar surface area (TPSA) is 118 Å². The molecule has 4 rings (SSSR count). The molecule has 10 heteroatoms. The Balaban J connectivity index is 1.86. The molecule has 4 aromatic rings. The Morgan fingerprint density at radius 1 is 1.14 bits per heavy atom. The first-order valence-electron chi connectivity index (χ1n) is 8.66. The predicted molar refractivity (Wildman–Crippen MR) is 109 cm³/mol. The molecule has 9 nitrogen and oxygen atoms in total. The van der Waals surface area contributed by atoms with Gasteiger partial charge in [-0.1, -0.05) is 35.1 Å². The summed E-state index contributed by atoms with van der Waals surface area (Å²) in [4.78, 5) is 17.9. The summed E-state index contributed by atoms with van der Waals surface area (Å²) in [5.74, 6) is 0.863. The summed E-state index contributed by atoms with van der Waals surface area (Å²) in [6.07, 6.45) is 0. The van der Waals surface area contributed by atoms with Gasteiger partial charge in [0.25, 0.3) is 11.9 Å². The van der Waals surface area contributed by atoms with Gasteiger partial charge >= 0.3 is 0 Å². The van der Waals surface area contributed by atoms with Crippen molar-refractivity contribution in [2.75, 3.05) is 19.5 Å². The van der Waals surface area contributed by atoms with Gasteiger partial charge in [0, 0.05) is 16.3 Å². The molecule has 2 aromatic heterocycles. The summed E-state index contributed by atoms with van der Waals surface area (Å²) < 4.78 is 10.8. The zero-order valence-electron chi connectivity index (χ0n) is 15.9. The largest absolute Gasteiger partial charge is 0.493 e. The van der Waals surface area contributed by atoms with Crippen LogP contribution in [-0.4, -0.2) is 45.7 Å². The molecule has 0 radical (unpaired) electrons. The van der Waals surface area contributed by atoms with Crippen LogP contribution in [0.5, 0.6) is 11.5 Å². The number of H-pyrrole nitrogens is 2. The van der Waals surface area contributed by atoms with Crippen molar-refractivity contribution in [3.63, 3.8) is 0 Å². The minimum atomic E-state index is -0.378. The number of aromatic nitrogens is 5. The maximum atomic E-state index is 12.9. The van der Waals surface area contributed by atoms with Crippen molar-refractivity contribution in [2.24, 2.45) is 0 Å². The number of carbonyl (C=O) groups is 1. The van der Waals surface area contributed by atoms with Crippen molar-refractivity contribution in [1.29, 1.82) is 0 Å². The number of hydrogen-bond donors (Lipinski definition) is 3. The van der Waals surface area contributed by atoms with E-state index in [4.69, 9.17) is 9.47 Å². The number of carbonyl (C=O) groups excluding carboxylic acids is 1. The van der Waals surface area contributed by atoms with Gasteiger partial charge in [0.15, 0.2) is 11.5 Å². The molecule has 0 atom stereocenters. The van der Waals surface area contributed by atoms with Crippen molar-refractivity contribution < 1.29 is 14.3 Å². The third-order valence-electron chi connectivity index (χ3n) is 4.36. The first-order chi connectivity index (χ1) is 14.1.